The van der Waals surface area contributed by atoms with Gasteiger partial charge in [-0.15, -0.1) is 0 Å². The predicted molar refractivity (Wildman–Crippen MR) is 72.1 cm³/mol. The van der Waals surface area contributed by atoms with Gasteiger partial charge in [-0.05, 0) is 25.3 Å². The highest BCUT2D eigenvalue weighted by Gasteiger charge is 2.29. The van der Waals surface area contributed by atoms with E-state index in [4.69, 9.17) is 4.18 Å². The Morgan fingerprint density at radius 1 is 1.11 bits per heavy atom. The van der Waals surface area contributed by atoms with E-state index in [0.29, 0.717) is 0 Å². The second-order valence-electron chi connectivity index (χ2n) is 5.14. The molecule has 100 valence electrons. The van der Waals surface area contributed by atoms with Gasteiger partial charge in [-0.2, -0.15) is 8.42 Å². The molecule has 0 radical (unpaired) electrons. The SMILES string of the molecule is Cc1ccc([C@H]2CCCC[C@H]2OS(C)(=O)=O)cc1. The molecular weight excluding hydrogens is 248 g/mol. The zero-order valence-electron chi connectivity index (χ0n) is 10.9. The topological polar surface area (TPSA) is 43.4 Å². The summed E-state index contributed by atoms with van der Waals surface area (Å²) in [5.74, 6) is 0.203. The molecule has 1 fully saturated rings. The van der Waals surface area contributed by atoms with E-state index in [1.54, 1.807) is 0 Å². The lowest BCUT2D eigenvalue weighted by Gasteiger charge is -2.30. The first-order chi connectivity index (χ1) is 8.46. The second-order valence-corrected chi connectivity index (χ2v) is 6.74. The molecule has 0 amide bonds. The lowest BCUT2D eigenvalue weighted by Crippen LogP contribution is -2.28. The van der Waals surface area contributed by atoms with Crippen LogP contribution in [0.1, 0.15) is 42.7 Å². The molecule has 0 unspecified atom stereocenters. The predicted octanol–water partition coefficient (Wildman–Crippen LogP) is 3.00. The Kier molecular flexibility index (Phi) is 4.07. The Bertz CT molecular complexity index is 490. The highest BCUT2D eigenvalue weighted by molar-refractivity contribution is 7.86. The van der Waals surface area contributed by atoms with Crippen LogP contribution < -0.4 is 0 Å². The van der Waals surface area contributed by atoms with Crippen LogP contribution in [0.15, 0.2) is 24.3 Å². The molecule has 1 saturated carbocycles. The van der Waals surface area contributed by atoms with Crippen LogP contribution in [-0.2, 0) is 14.3 Å². The van der Waals surface area contributed by atoms with Gasteiger partial charge in [0, 0.05) is 5.92 Å². The van der Waals surface area contributed by atoms with Crippen LogP contribution in [-0.4, -0.2) is 20.8 Å². The third-order valence-corrected chi connectivity index (χ3v) is 4.10. The van der Waals surface area contributed by atoms with Crippen molar-refractivity contribution in [2.45, 2.75) is 44.6 Å². The molecule has 3 nitrogen and oxygen atoms in total. The molecule has 1 aliphatic carbocycles. The first-order valence-corrected chi connectivity index (χ1v) is 8.22. The van der Waals surface area contributed by atoms with Gasteiger partial charge in [-0.25, -0.2) is 0 Å². The minimum Gasteiger partial charge on any atom is -0.266 e. The molecule has 0 aromatic heterocycles. The maximum atomic E-state index is 11.3. The first kappa shape index (κ1) is 13.6. The zero-order chi connectivity index (χ0) is 13.2. The Morgan fingerprint density at radius 2 is 1.72 bits per heavy atom. The third-order valence-electron chi connectivity index (χ3n) is 3.51. The Hall–Kier alpha value is -0.870. The minimum atomic E-state index is -3.37. The Morgan fingerprint density at radius 3 is 2.33 bits per heavy atom. The van der Waals surface area contributed by atoms with Crippen LogP contribution in [0.2, 0.25) is 0 Å². The van der Waals surface area contributed by atoms with E-state index in [-0.39, 0.29) is 12.0 Å². The maximum Gasteiger partial charge on any atom is 0.264 e. The lowest BCUT2D eigenvalue weighted by atomic mass is 9.81. The van der Waals surface area contributed by atoms with E-state index < -0.39 is 10.1 Å². The fraction of sp³-hybridized carbons (Fsp3) is 0.571. The summed E-state index contributed by atoms with van der Waals surface area (Å²) < 4.78 is 27.9. The molecule has 0 aliphatic heterocycles. The smallest absolute Gasteiger partial charge is 0.264 e. The van der Waals surface area contributed by atoms with Crippen LogP contribution in [0.3, 0.4) is 0 Å². The van der Waals surface area contributed by atoms with Crippen LogP contribution >= 0.6 is 0 Å². The summed E-state index contributed by atoms with van der Waals surface area (Å²) >= 11 is 0. The summed E-state index contributed by atoms with van der Waals surface area (Å²) in [4.78, 5) is 0. The van der Waals surface area contributed by atoms with E-state index in [1.165, 1.54) is 11.1 Å². The van der Waals surface area contributed by atoms with Crippen molar-refractivity contribution in [3.63, 3.8) is 0 Å². The fourth-order valence-electron chi connectivity index (χ4n) is 2.63. The maximum absolute atomic E-state index is 11.3. The molecule has 1 aromatic rings. The molecule has 1 aromatic carbocycles. The normalized spacial score (nSPS) is 25.0. The van der Waals surface area contributed by atoms with Gasteiger partial charge in [-0.1, -0.05) is 42.7 Å². The Labute approximate surface area is 109 Å². The van der Waals surface area contributed by atoms with Gasteiger partial charge in [0.25, 0.3) is 10.1 Å². The fourth-order valence-corrected chi connectivity index (χ4v) is 3.31. The largest absolute Gasteiger partial charge is 0.266 e. The van der Waals surface area contributed by atoms with E-state index in [2.05, 4.69) is 31.2 Å². The molecule has 0 N–H and O–H groups in total. The van der Waals surface area contributed by atoms with Crippen LogP contribution in [0, 0.1) is 6.92 Å². The van der Waals surface area contributed by atoms with Gasteiger partial charge in [0.05, 0.1) is 12.4 Å². The van der Waals surface area contributed by atoms with Crippen molar-refractivity contribution in [3.05, 3.63) is 35.4 Å². The molecular formula is C14H20O3S. The zero-order valence-corrected chi connectivity index (χ0v) is 11.7. The Balaban J connectivity index is 2.20. The van der Waals surface area contributed by atoms with Crippen molar-refractivity contribution >= 4 is 10.1 Å². The van der Waals surface area contributed by atoms with E-state index >= 15 is 0 Å². The van der Waals surface area contributed by atoms with Crippen molar-refractivity contribution in [1.82, 2.24) is 0 Å². The van der Waals surface area contributed by atoms with Gasteiger partial charge in [-0.3, -0.25) is 4.18 Å². The van der Waals surface area contributed by atoms with E-state index in [9.17, 15) is 8.42 Å². The molecule has 4 heteroatoms. The quantitative estimate of drug-likeness (QED) is 0.791. The van der Waals surface area contributed by atoms with Crippen LogP contribution in [0.4, 0.5) is 0 Å². The first-order valence-electron chi connectivity index (χ1n) is 6.40. The molecule has 2 atom stereocenters. The van der Waals surface area contributed by atoms with Gasteiger partial charge >= 0.3 is 0 Å². The van der Waals surface area contributed by atoms with Gasteiger partial charge < -0.3 is 0 Å². The van der Waals surface area contributed by atoms with Crippen LogP contribution in [0.5, 0.6) is 0 Å². The molecule has 2 rings (SSSR count). The molecule has 0 saturated heterocycles. The molecule has 0 heterocycles. The van der Waals surface area contributed by atoms with Gasteiger partial charge in [0.15, 0.2) is 0 Å². The van der Waals surface area contributed by atoms with Crippen molar-refractivity contribution in [2.75, 3.05) is 6.26 Å². The van der Waals surface area contributed by atoms with E-state index in [1.807, 2.05) is 0 Å². The molecule has 0 bridgehead atoms. The van der Waals surface area contributed by atoms with Gasteiger partial charge in [0.2, 0.25) is 0 Å². The summed E-state index contributed by atoms with van der Waals surface area (Å²) in [6.45, 7) is 2.05. The lowest BCUT2D eigenvalue weighted by molar-refractivity contribution is 0.138. The summed E-state index contributed by atoms with van der Waals surface area (Å²) in [5.41, 5.74) is 2.41. The number of hydrogen-bond donors (Lipinski definition) is 0. The monoisotopic (exact) mass is 268 g/mol. The highest BCUT2D eigenvalue weighted by atomic mass is 32.2. The second kappa shape index (κ2) is 5.41. The average molecular weight is 268 g/mol. The van der Waals surface area contributed by atoms with E-state index in [0.717, 1.165) is 31.9 Å². The highest BCUT2D eigenvalue weighted by Crippen LogP contribution is 2.35. The number of aryl methyl sites for hydroxylation is 1. The average Bonchev–Trinajstić information content (AvgIpc) is 2.29. The molecule has 18 heavy (non-hydrogen) atoms. The third kappa shape index (κ3) is 3.56. The molecule has 1 aliphatic rings. The molecule has 0 spiro atoms. The number of benzene rings is 1. The standard InChI is InChI=1S/C14H20O3S/c1-11-7-9-12(10-8-11)13-5-3-4-6-14(13)17-18(2,15)16/h7-10,13-14H,3-6H2,1-2H3/t13-,14-/m1/s1. The number of hydrogen-bond acceptors (Lipinski definition) is 3. The van der Waals surface area contributed by atoms with Crippen molar-refractivity contribution < 1.29 is 12.6 Å². The summed E-state index contributed by atoms with van der Waals surface area (Å²) in [5, 5.41) is 0. The van der Waals surface area contributed by atoms with Crippen molar-refractivity contribution in [2.24, 2.45) is 0 Å². The number of rotatable bonds is 3. The van der Waals surface area contributed by atoms with Crippen molar-refractivity contribution in [1.29, 1.82) is 0 Å². The minimum absolute atomic E-state index is 0.198. The van der Waals surface area contributed by atoms with Crippen molar-refractivity contribution in [3.8, 4) is 0 Å². The summed E-state index contributed by atoms with van der Waals surface area (Å²) in [7, 11) is -3.37. The summed E-state index contributed by atoms with van der Waals surface area (Å²) in [6, 6.07) is 8.32. The van der Waals surface area contributed by atoms with Gasteiger partial charge in [0.1, 0.15) is 0 Å². The van der Waals surface area contributed by atoms with Crippen LogP contribution in [0.25, 0.3) is 0 Å². The summed E-state index contributed by atoms with van der Waals surface area (Å²) in [6.07, 6.45) is 4.95.